The highest BCUT2D eigenvalue weighted by molar-refractivity contribution is 5.81. The Balaban J connectivity index is 2.20. The number of nitrogens with two attached hydrogens (primary N) is 1. The van der Waals surface area contributed by atoms with Crippen molar-refractivity contribution in [3.63, 3.8) is 0 Å². The second kappa shape index (κ2) is 5.96. The molecular weight excluding hydrogens is 290 g/mol. The fourth-order valence-electron chi connectivity index (χ4n) is 2.60. The molecule has 0 aliphatic heterocycles. The molecule has 0 radical (unpaired) electrons. The molecule has 5 nitrogen and oxygen atoms in total. The molecule has 0 aliphatic carbocycles. The fraction of sp³-hybridized carbons (Fsp3) is 0.111. The fourth-order valence-corrected chi connectivity index (χ4v) is 2.60. The minimum Gasteiger partial charge on any atom is -0.508 e. The molecule has 3 N–H and O–H groups in total. The van der Waals surface area contributed by atoms with E-state index in [2.05, 4.69) is 11.6 Å². The van der Waals surface area contributed by atoms with Crippen molar-refractivity contribution >= 4 is 23.0 Å². The number of phenols is 1. The second-order valence-electron chi connectivity index (χ2n) is 5.30. The van der Waals surface area contributed by atoms with Crippen LogP contribution in [-0.4, -0.2) is 20.6 Å². The molecule has 23 heavy (non-hydrogen) atoms. The van der Waals surface area contributed by atoms with Crippen LogP contribution in [0.15, 0.2) is 49.0 Å². The van der Waals surface area contributed by atoms with Gasteiger partial charge < -0.3 is 10.8 Å². The first-order valence-corrected chi connectivity index (χ1v) is 7.30. The first kappa shape index (κ1) is 14.8. The molecule has 0 bridgehead atoms. The van der Waals surface area contributed by atoms with E-state index in [1.165, 1.54) is 0 Å². The number of nitrogens with zero attached hydrogens (tertiary/aromatic N) is 2. The van der Waals surface area contributed by atoms with Crippen LogP contribution in [0, 0.1) is 0 Å². The highest BCUT2D eigenvalue weighted by Gasteiger charge is 2.14. The zero-order chi connectivity index (χ0) is 16.4. The normalized spacial score (nSPS) is 10.8. The number of benzene rings is 2. The molecule has 3 aromatic rings. The average Bonchev–Trinajstić information content (AvgIpc) is 2.90. The number of carbonyl (C=O) groups is 1. The van der Waals surface area contributed by atoms with E-state index in [9.17, 15) is 9.90 Å². The van der Waals surface area contributed by atoms with Gasteiger partial charge >= 0.3 is 0 Å². The van der Waals surface area contributed by atoms with Crippen LogP contribution in [0.1, 0.15) is 17.8 Å². The van der Waals surface area contributed by atoms with Crippen molar-refractivity contribution in [1.82, 2.24) is 9.55 Å². The van der Waals surface area contributed by atoms with E-state index < -0.39 is 0 Å². The van der Waals surface area contributed by atoms with Crippen LogP contribution in [0.5, 0.6) is 5.75 Å². The number of aryl methyl sites for hydroxylation is 1. The van der Waals surface area contributed by atoms with Gasteiger partial charge in [0.15, 0.2) is 0 Å². The van der Waals surface area contributed by atoms with Gasteiger partial charge in [0.25, 0.3) is 0 Å². The van der Waals surface area contributed by atoms with E-state index in [0.29, 0.717) is 6.42 Å². The summed E-state index contributed by atoms with van der Waals surface area (Å²) in [4.78, 5) is 15.7. The molecular formula is C18H17N3O2. The standard InChI is InChI=1S/C18H17N3O2/c1-2-12-6-7-16-15(10-12)20-18(9-8-17(19)23)21(16)13-4-3-5-14(22)11-13/h2-7,10-11,22H,1,8-9H2,(H2,19,23). The number of phenolic OH excluding ortho intramolecular Hbond substituents is 1. The molecule has 0 aliphatic rings. The Morgan fingerprint density at radius 2 is 2.13 bits per heavy atom. The third kappa shape index (κ3) is 2.94. The van der Waals surface area contributed by atoms with E-state index in [4.69, 9.17) is 5.73 Å². The lowest BCUT2D eigenvalue weighted by molar-refractivity contribution is -0.118. The van der Waals surface area contributed by atoms with Crippen LogP contribution in [0.2, 0.25) is 0 Å². The number of aromatic hydroxyl groups is 1. The highest BCUT2D eigenvalue weighted by Crippen LogP contribution is 2.25. The number of aromatic nitrogens is 2. The van der Waals surface area contributed by atoms with Crippen molar-refractivity contribution in [2.24, 2.45) is 5.73 Å². The van der Waals surface area contributed by atoms with Gasteiger partial charge in [0.2, 0.25) is 5.91 Å². The van der Waals surface area contributed by atoms with Gasteiger partial charge in [-0.3, -0.25) is 9.36 Å². The molecule has 0 saturated carbocycles. The summed E-state index contributed by atoms with van der Waals surface area (Å²) in [5.74, 6) is 0.532. The van der Waals surface area contributed by atoms with Gasteiger partial charge in [-0.25, -0.2) is 4.98 Å². The molecule has 0 spiro atoms. The summed E-state index contributed by atoms with van der Waals surface area (Å²) in [5, 5.41) is 9.75. The van der Waals surface area contributed by atoms with Gasteiger partial charge in [-0.1, -0.05) is 24.8 Å². The Bertz CT molecular complexity index is 896. The maximum absolute atomic E-state index is 11.1. The topological polar surface area (TPSA) is 81.1 Å². The Hall–Kier alpha value is -3.08. The number of rotatable bonds is 5. The number of hydrogen-bond acceptors (Lipinski definition) is 3. The molecule has 1 aromatic heterocycles. The van der Waals surface area contributed by atoms with Crippen molar-refractivity contribution < 1.29 is 9.90 Å². The maximum atomic E-state index is 11.1. The third-order valence-corrected chi connectivity index (χ3v) is 3.67. The number of hydrogen-bond donors (Lipinski definition) is 2. The Morgan fingerprint density at radius 3 is 2.83 bits per heavy atom. The van der Waals surface area contributed by atoms with E-state index >= 15 is 0 Å². The maximum Gasteiger partial charge on any atom is 0.217 e. The molecule has 1 amide bonds. The SMILES string of the molecule is C=Cc1ccc2c(c1)nc(CCC(N)=O)n2-c1cccc(O)c1. The second-order valence-corrected chi connectivity index (χ2v) is 5.30. The number of carbonyl (C=O) groups excluding carboxylic acids is 1. The highest BCUT2D eigenvalue weighted by atomic mass is 16.3. The summed E-state index contributed by atoms with van der Waals surface area (Å²) in [6.45, 7) is 3.77. The van der Waals surface area contributed by atoms with Gasteiger partial charge in [0.1, 0.15) is 11.6 Å². The Labute approximate surface area is 133 Å². The van der Waals surface area contributed by atoms with Gasteiger partial charge in [-0.15, -0.1) is 0 Å². The third-order valence-electron chi connectivity index (χ3n) is 3.67. The van der Waals surface area contributed by atoms with Crippen LogP contribution in [0.4, 0.5) is 0 Å². The lowest BCUT2D eigenvalue weighted by atomic mass is 10.2. The number of primary amides is 1. The van der Waals surface area contributed by atoms with Crippen molar-refractivity contribution in [1.29, 1.82) is 0 Å². The number of fused-ring (bicyclic) bond motifs is 1. The number of amides is 1. The zero-order valence-corrected chi connectivity index (χ0v) is 12.6. The van der Waals surface area contributed by atoms with Crippen LogP contribution >= 0.6 is 0 Å². The van der Waals surface area contributed by atoms with Crippen LogP contribution < -0.4 is 5.73 Å². The van der Waals surface area contributed by atoms with E-state index in [-0.39, 0.29) is 18.1 Å². The molecule has 5 heteroatoms. The first-order chi connectivity index (χ1) is 11.1. The molecule has 0 unspecified atom stereocenters. The van der Waals surface area contributed by atoms with E-state index in [1.807, 2.05) is 28.8 Å². The molecule has 0 fully saturated rings. The largest absolute Gasteiger partial charge is 0.508 e. The molecule has 3 rings (SSSR count). The van der Waals surface area contributed by atoms with Crippen LogP contribution in [-0.2, 0) is 11.2 Å². The minimum atomic E-state index is -0.369. The summed E-state index contributed by atoms with van der Waals surface area (Å²) >= 11 is 0. The lowest BCUT2D eigenvalue weighted by Crippen LogP contribution is -2.13. The summed E-state index contributed by atoms with van der Waals surface area (Å²) in [7, 11) is 0. The summed E-state index contributed by atoms with van der Waals surface area (Å²) in [5.41, 5.74) is 8.74. The van der Waals surface area contributed by atoms with Crippen LogP contribution in [0.25, 0.3) is 22.8 Å². The van der Waals surface area contributed by atoms with Crippen molar-refractivity contribution in [3.05, 3.63) is 60.4 Å². The van der Waals surface area contributed by atoms with Gasteiger partial charge in [0.05, 0.1) is 16.7 Å². The van der Waals surface area contributed by atoms with E-state index in [0.717, 1.165) is 28.1 Å². The summed E-state index contributed by atoms with van der Waals surface area (Å²) in [6.07, 6.45) is 2.41. The van der Waals surface area contributed by atoms with Crippen molar-refractivity contribution in [3.8, 4) is 11.4 Å². The minimum absolute atomic E-state index is 0.174. The van der Waals surface area contributed by atoms with Gasteiger partial charge in [0, 0.05) is 18.9 Å². The van der Waals surface area contributed by atoms with Gasteiger partial charge in [-0.2, -0.15) is 0 Å². The summed E-state index contributed by atoms with van der Waals surface area (Å²) in [6, 6.07) is 12.8. The molecule has 0 saturated heterocycles. The first-order valence-electron chi connectivity index (χ1n) is 7.30. The predicted octanol–water partition coefficient (Wildman–Crippen LogP) is 2.79. The molecule has 0 atom stereocenters. The monoisotopic (exact) mass is 307 g/mol. The average molecular weight is 307 g/mol. The quantitative estimate of drug-likeness (QED) is 0.760. The predicted molar refractivity (Wildman–Crippen MR) is 90.3 cm³/mol. The van der Waals surface area contributed by atoms with Gasteiger partial charge in [-0.05, 0) is 29.8 Å². The molecule has 116 valence electrons. The van der Waals surface area contributed by atoms with Crippen molar-refractivity contribution in [2.75, 3.05) is 0 Å². The van der Waals surface area contributed by atoms with E-state index in [1.54, 1.807) is 24.3 Å². The Morgan fingerprint density at radius 1 is 1.30 bits per heavy atom. The smallest absolute Gasteiger partial charge is 0.217 e. The Kier molecular flexibility index (Phi) is 3.85. The van der Waals surface area contributed by atoms with Crippen molar-refractivity contribution in [2.45, 2.75) is 12.8 Å². The number of imidazole rings is 1. The van der Waals surface area contributed by atoms with Crippen LogP contribution in [0.3, 0.4) is 0 Å². The molecule has 1 heterocycles. The molecule has 2 aromatic carbocycles. The zero-order valence-electron chi connectivity index (χ0n) is 12.6. The summed E-state index contributed by atoms with van der Waals surface area (Å²) < 4.78 is 1.94. The lowest BCUT2D eigenvalue weighted by Gasteiger charge is -2.09.